The maximum atomic E-state index is 13.1. The van der Waals surface area contributed by atoms with E-state index in [1.165, 1.54) is 16.7 Å². The van der Waals surface area contributed by atoms with Gasteiger partial charge < -0.3 is 0 Å². The van der Waals surface area contributed by atoms with Gasteiger partial charge in [0.2, 0.25) is 11.9 Å². The van der Waals surface area contributed by atoms with Crippen molar-refractivity contribution in [3.63, 3.8) is 0 Å². The number of nitrogens with zero attached hydrogens (tertiary/aromatic N) is 4. The van der Waals surface area contributed by atoms with Crippen molar-refractivity contribution in [3.05, 3.63) is 77.1 Å². The largest absolute Gasteiger partial charge is 0.274 e. The van der Waals surface area contributed by atoms with E-state index in [1.807, 2.05) is 23.4 Å². The summed E-state index contributed by atoms with van der Waals surface area (Å²) in [6.07, 6.45) is 2.32. The summed E-state index contributed by atoms with van der Waals surface area (Å²) >= 11 is 0. The molecule has 1 aromatic heterocycles. The number of hydrogen-bond acceptors (Lipinski definition) is 3. The van der Waals surface area contributed by atoms with Crippen molar-refractivity contribution in [1.29, 1.82) is 0 Å². The molecule has 0 radical (unpaired) electrons. The zero-order valence-corrected chi connectivity index (χ0v) is 16.8. The molecule has 0 unspecified atom stereocenters. The van der Waals surface area contributed by atoms with Gasteiger partial charge in [0, 0.05) is 5.92 Å². The van der Waals surface area contributed by atoms with Crippen LogP contribution in [-0.2, 0) is 4.79 Å². The van der Waals surface area contributed by atoms with Gasteiger partial charge in [0.05, 0.1) is 12.1 Å². The summed E-state index contributed by atoms with van der Waals surface area (Å²) in [4.78, 5) is 19.5. The third-order valence-corrected chi connectivity index (χ3v) is 5.48. The molecule has 1 aliphatic rings. The topological polar surface area (TPSA) is 51.0 Å². The van der Waals surface area contributed by atoms with Gasteiger partial charge in [-0.2, -0.15) is 10.1 Å². The fraction of sp³-hybridized carbons (Fsp3) is 0.348. The van der Waals surface area contributed by atoms with Crippen LogP contribution in [0.25, 0.3) is 0 Å². The SMILES string of the molecule is Cc1ccc([C@@H]2C[C@@H](c3ccc(C)cc3)n3ncnc3N2C(=O)C(C)C)cc1. The molecule has 0 bridgehead atoms. The Morgan fingerprint density at radius 1 is 0.929 bits per heavy atom. The van der Waals surface area contributed by atoms with E-state index in [2.05, 4.69) is 72.5 Å². The van der Waals surface area contributed by atoms with Gasteiger partial charge in [0.1, 0.15) is 6.33 Å². The summed E-state index contributed by atoms with van der Waals surface area (Å²) in [6, 6.07) is 17.0. The summed E-state index contributed by atoms with van der Waals surface area (Å²) in [5, 5.41) is 4.48. The first-order valence-corrected chi connectivity index (χ1v) is 9.81. The fourth-order valence-electron chi connectivity index (χ4n) is 3.86. The van der Waals surface area contributed by atoms with E-state index in [9.17, 15) is 4.79 Å². The molecule has 0 N–H and O–H groups in total. The van der Waals surface area contributed by atoms with E-state index in [1.54, 1.807) is 6.33 Å². The highest BCUT2D eigenvalue weighted by Gasteiger charge is 2.39. The van der Waals surface area contributed by atoms with E-state index in [0.717, 1.165) is 12.0 Å². The Bertz CT molecular complexity index is 973. The number of anilines is 1. The third-order valence-electron chi connectivity index (χ3n) is 5.48. The van der Waals surface area contributed by atoms with Crippen LogP contribution in [-0.4, -0.2) is 20.7 Å². The number of benzene rings is 2. The predicted octanol–water partition coefficient (Wildman–Crippen LogP) is 4.62. The van der Waals surface area contributed by atoms with Crippen molar-refractivity contribution in [3.8, 4) is 0 Å². The average Bonchev–Trinajstić information content (AvgIpc) is 3.17. The highest BCUT2D eigenvalue weighted by Crippen LogP contribution is 2.42. The number of carbonyl (C=O) groups is 1. The zero-order valence-electron chi connectivity index (χ0n) is 16.8. The number of aryl methyl sites for hydroxylation is 2. The second kappa shape index (κ2) is 7.23. The molecule has 5 heteroatoms. The lowest BCUT2D eigenvalue weighted by molar-refractivity contribution is -0.122. The number of aromatic nitrogens is 3. The fourth-order valence-corrected chi connectivity index (χ4v) is 3.86. The minimum atomic E-state index is -0.117. The van der Waals surface area contributed by atoms with Gasteiger partial charge in [-0.3, -0.25) is 9.69 Å². The van der Waals surface area contributed by atoms with Crippen LogP contribution in [0.4, 0.5) is 5.95 Å². The van der Waals surface area contributed by atoms with Crippen molar-refractivity contribution >= 4 is 11.9 Å². The molecule has 0 aliphatic carbocycles. The van der Waals surface area contributed by atoms with Crippen LogP contribution in [0.1, 0.15) is 54.6 Å². The number of hydrogen-bond donors (Lipinski definition) is 0. The first-order valence-electron chi connectivity index (χ1n) is 9.81. The summed E-state index contributed by atoms with van der Waals surface area (Å²) < 4.78 is 1.90. The van der Waals surface area contributed by atoms with Crippen LogP contribution in [0.3, 0.4) is 0 Å². The van der Waals surface area contributed by atoms with Crippen molar-refractivity contribution in [2.75, 3.05) is 4.90 Å². The van der Waals surface area contributed by atoms with E-state index >= 15 is 0 Å². The molecule has 0 spiro atoms. The Labute approximate surface area is 166 Å². The van der Waals surface area contributed by atoms with Crippen LogP contribution < -0.4 is 4.90 Å². The monoisotopic (exact) mass is 374 g/mol. The normalized spacial score (nSPS) is 19.0. The molecule has 2 atom stereocenters. The number of fused-ring (bicyclic) bond motifs is 1. The standard InChI is InChI=1S/C23H26N4O/c1-15(2)22(28)26-20(18-9-5-16(3)6-10-18)13-21(27-23(26)24-14-25-27)19-11-7-17(4)8-12-19/h5-12,14-15,20-21H,13H2,1-4H3/t20-,21-/m0/s1. The quantitative estimate of drug-likeness (QED) is 0.672. The molecule has 2 aromatic carbocycles. The highest BCUT2D eigenvalue weighted by atomic mass is 16.2. The minimum Gasteiger partial charge on any atom is -0.274 e. The predicted molar refractivity (Wildman–Crippen MR) is 110 cm³/mol. The minimum absolute atomic E-state index is 0.0422. The van der Waals surface area contributed by atoms with E-state index in [-0.39, 0.29) is 23.9 Å². The van der Waals surface area contributed by atoms with Crippen LogP contribution in [0.5, 0.6) is 0 Å². The Kier molecular flexibility index (Phi) is 4.75. The molecule has 28 heavy (non-hydrogen) atoms. The first-order chi connectivity index (χ1) is 13.5. The molecule has 3 aromatic rings. The molecular weight excluding hydrogens is 348 g/mol. The van der Waals surface area contributed by atoms with Crippen LogP contribution >= 0.6 is 0 Å². The van der Waals surface area contributed by atoms with Gasteiger partial charge in [-0.1, -0.05) is 73.5 Å². The van der Waals surface area contributed by atoms with Gasteiger partial charge in [-0.15, -0.1) is 0 Å². The van der Waals surface area contributed by atoms with Crippen molar-refractivity contribution < 1.29 is 4.79 Å². The van der Waals surface area contributed by atoms with Crippen LogP contribution in [0.2, 0.25) is 0 Å². The smallest absolute Gasteiger partial charge is 0.232 e. The van der Waals surface area contributed by atoms with E-state index in [4.69, 9.17) is 0 Å². The maximum absolute atomic E-state index is 13.1. The Balaban J connectivity index is 1.84. The maximum Gasteiger partial charge on any atom is 0.232 e. The van der Waals surface area contributed by atoms with Gasteiger partial charge in [-0.25, -0.2) is 4.68 Å². The lowest BCUT2D eigenvalue weighted by Crippen LogP contribution is -2.44. The summed E-state index contributed by atoms with van der Waals surface area (Å²) in [7, 11) is 0. The molecule has 1 amide bonds. The Hall–Kier alpha value is -2.95. The van der Waals surface area contributed by atoms with Crippen molar-refractivity contribution in [2.45, 2.75) is 46.2 Å². The summed E-state index contributed by atoms with van der Waals surface area (Å²) in [5.41, 5.74) is 4.75. The van der Waals surface area contributed by atoms with Crippen molar-refractivity contribution in [2.24, 2.45) is 5.92 Å². The molecule has 0 saturated heterocycles. The molecule has 4 rings (SSSR count). The third kappa shape index (κ3) is 3.21. The molecule has 1 aliphatic heterocycles. The number of rotatable bonds is 3. The molecule has 0 saturated carbocycles. The van der Waals surface area contributed by atoms with E-state index in [0.29, 0.717) is 5.95 Å². The van der Waals surface area contributed by atoms with Crippen LogP contribution in [0, 0.1) is 19.8 Å². The lowest BCUT2D eigenvalue weighted by Gasteiger charge is -2.40. The van der Waals surface area contributed by atoms with Gasteiger partial charge >= 0.3 is 0 Å². The van der Waals surface area contributed by atoms with Gasteiger partial charge in [-0.05, 0) is 31.4 Å². The van der Waals surface area contributed by atoms with Crippen LogP contribution in [0.15, 0.2) is 54.9 Å². The zero-order chi connectivity index (χ0) is 19.8. The van der Waals surface area contributed by atoms with Gasteiger partial charge in [0.25, 0.3) is 0 Å². The first kappa shape index (κ1) is 18.4. The average molecular weight is 374 g/mol. The summed E-state index contributed by atoms with van der Waals surface area (Å²) in [6.45, 7) is 8.03. The number of amides is 1. The Morgan fingerprint density at radius 3 is 2.00 bits per heavy atom. The second-order valence-electron chi connectivity index (χ2n) is 7.96. The summed E-state index contributed by atoms with van der Waals surface area (Å²) in [5.74, 6) is 0.581. The molecule has 2 heterocycles. The highest BCUT2D eigenvalue weighted by molar-refractivity contribution is 5.94. The molecule has 144 valence electrons. The molecule has 5 nitrogen and oxygen atoms in total. The lowest BCUT2D eigenvalue weighted by atomic mass is 9.90. The second-order valence-corrected chi connectivity index (χ2v) is 7.96. The molecule has 0 fully saturated rings. The number of carbonyl (C=O) groups excluding carboxylic acids is 1. The van der Waals surface area contributed by atoms with Crippen molar-refractivity contribution in [1.82, 2.24) is 14.8 Å². The van der Waals surface area contributed by atoms with Gasteiger partial charge in [0.15, 0.2) is 0 Å². The van der Waals surface area contributed by atoms with E-state index < -0.39 is 0 Å². The Morgan fingerprint density at radius 2 is 1.46 bits per heavy atom. The molecular formula is C23H26N4O.